The van der Waals surface area contributed by atoms with Gasteiger partial charge in [-0.05, 0) is 58.6 Å². The molecule has 21 heavy (non-hydrogen) atoms. The zero-order valence-electron chi connectivity index (χ0n) is 12.0. The van der Waals surface area contributed by atoms with Gasteiger partial charge in [-0.15, -0.1) is 0 Å². The highest BCUT2D eigenvalue weighted by atomic mass is 79.9. The molecule has 1 amide bonds. The van der Waals surface area contributed by atoms with E-state index in [0.29, 0.717) is 5.56 Å². The first-order valence-electron chi connectivity index (χ1n) is 6.86. The summed E-state index contributed by atoms with van der Waals surface area (Å²) in [6.07, 6.45) is 1.02. The van der Waals surface area contributed by atoms with Gasteiger partial charge in [-0.2, -0.15) is 0 Å². The fourth-order valence-corrected chi connectivity index (χ4v) is 3.30. The van der Waals surface area contributed by atoms with Crippen molar-refractivity contribution in [2.45, 2.75) is 26.3 Å². The quantitative estimate of drug-likeness (QED) is 0.731. The Morgan fingerprint density at radius 1 is 1.14 bits per heavy atom. The van der Waals surface area contributed by atoms with Gasteiger partial charge in [0.2, 0.25) is 0 Å². The molecular formula is C17H17Br2NO. The van der Waals surface area contributed by atoms with Crippen LogP contribution in [-0.2, 0) is 6.42 Å². The van der Waals surface area contributed by atoms with Crippen LogP contribution in [0.25, 0.3) is 0 Å². The topological polar surface area (TPSA) is 29.1 Å². The minimum absolute atomic E-state index is 0.0287. The Morgan fingerprint density at radius 2 is 1.81 bits per heavy atom. The molecule has 0 spiro atoms. The number of carbonyl (C=O) groups excluding carboxylic acids is 1. The first kappa shape index (κ1) is 16.2. The lowest BCUT2D eigenvalue weighted by Gasteiger charge is -2.15. The molecule has 0 bridgehead atoms. The van der Waals surface area contributed by atoms with Crippen molar-refractivity contribution >= 4 is 37.8 Å². The van der Waals surface area contributed by atoms with E-state index in [1.54, 1.807) is 6.07 Å². The van der Waals surface area contributed by atoms with Gasteiger partial charge in [0.25, 0.3) is 5.91 Å². The molecule has 0 aliphatic carbocycles. The van der Waals surface area contributed by atoms with Crippen molar-refractivity contribution in [3.05, 3.63) is 68.1 Å². The van der Waals surface area contributed by atoms with Crippen molar-refractivity contribution in [2.24, 2.45) is 0 Å². The molecule has 2 aromatic rings. The van der Waals surface area contributed by atoms with Gasteiger partial charge in [0.15, 0.2) is 0 Å². The fourth-order valence-electron chi connectivity index (χ4n) is 2.07. The van der Waals surface area contributed by atoms with Crippen LogP contribution in [0.5, 0.6) is 0 Å². The third-order valence-electron chi connectivity index (χ3n) is 3.41. The zero-order valence-corrected chi connectivity index (χ0v) is 15.2. The van der Waals surface area contributed by atoms with E-state index in [1.807, 2.05) is 19.1 Å². The second-order valence-electron chi connectivity index (χ2n) is 4.91. The van der Waals surface area contributed by atoms with E-state index < -0.39 is 0 Å². The van der Waals surface area contributed by atoms with E-state index in [4.69, 9.17) is 0 Å². The van der Waals surface area contributed by atoms with Crippen LogP contribution in [0.15, 0.2) is 51.4 Å². The van der Waals surface area contributed by atoms with Gasteiger partial charge in [-0.3, -0.25) is 4.79 Å². The molecule has 0 saturated carbocycles. The second-order valence-corrected chi connectivity index (χ2v) is 6.68. The Kier molecular flexibility index (Phi) is 5.59. The summed E-state index contributed by atoms with van der Waals surface area (Å²) in [5.41, 5.74) is 3.04. The molecule has 2 rings (SSSR count). The molecule has 0 saturated heterocycles. The third kappa shape index (κ3) is 4.17. The standard InChI is InChI=1S/C17H17Br2NO/c1-3-12-4-6-13(7-5-12)11(2)20-17(21)15-9-8-14(18)10-16(15)19/h4-11H,3H2,1-2H3,(H,20,21). The molecule has 2 aromatic carbocycles. The fraction of sp³-hybridized carbons (Fsp3) is 0.235. The van der Waals surface area contributed by atoms with Crippen LogP contribution in [0, 0.1) is 0 Å². The van der Waals surface area contributed by atoms with E-state index in [2.05, 4.69) is 68.4 Å². The van der Waals surface area contributed by atoms with E-state index in [0.717, 1.165) is 20.9 Å². The summed E-state index contributed by atoms with van der Waals surface area (Å²) in [6, 6.07) is 13.9. The van der Waals surface area contributed by atoms with Crippen LogP contribution in [0.3, 0.4) is 0 Å². The van der Waals surface area contributed by atoms with Gasteiger partial charge in [0.1, 0.15) is 0 Å². The number of rotatable bonds is 4. The maximum atomic E-state index is 12.3. The maximum absolute atomic E-state index is 12.3. The van der Waals surface area contributed by atoms with Gasteiger partial charge in [-0.1, -0.05) is 47.1 Å². The zero-order chi connectivity index (χ0) is 15.4. The van der Waals surface area contributed by atoms with Gasteiger partial charge in [0, 0.05) is 8.95 Å². The minimum Gasteiger partial charge on any atom is -0.345 e. The second kappa shape index (κ2) is 7.23. The Morgan fingerprint density at radius 3 is 2.38 bits per heavy atom. The lowest BCUT2D eigenvalue weighted by Crippen LogP contribution is -2.26. The Bertz CT molecular complexity index is 638. The lowest BCUT2D eigenvalue weighted by atomic mass is 10.0. The Labute approximate surface area is 142 Å². The number of hydrogen-bond acceptors (Lipinski definition) is 1. The molecule has 1 N–H and O–H groups in total. The van der Waals surface area contributed by atoms with E-state index in [9.17, 15) is 4.79 Å². The van der Waals surface area contributed by atoms with Crippen molar-refractivity contribution in [3.63, 3.8) is 0 Å². The monoisotopic (exact) mass is 409 g/mol. The van der Waals surface area contributed by atoms with Crippen LogP contribution in [0.1, 0.15) is 41.4 Å². The molecule has 0 fully saturated rings. The first-order valence-corrected chi connectivity index (χ1v) is 8.44. The summed E-state index contributed by atoms with van der Waals surface area (Å²) in [6.45, 7) is 4.12. The Balaban J connectivity index is 2.10. The van der Waals surface area contributed by atoms with Gasteiger partial charge in [0.05, 0.1) is 11.6 Å². The van der Waals surface area contributed by atoms with E-state index >= 15 is 0 Å². The summed E-state index contributed by atoms with van der Waals surface area (Å²) in [4.78, 5) is 12.3. The van der Waals surface area contributed by atoms with Crippen LogP contribution in [-0.4, -0.2) is 5.91 Å². The summed E-state index contributed by atoms with van der Waals surface area (Å²) in [5.74, 6) is -0.0820. The number of aryl methyl sites for hydroxylation is 1. The lowest BCUT2D eigenvalue weighted by molar-refractivity contribution is 0.0939. The van der Waals surface area contributed by atoms with Crippen molar-refractivity contribution in [1.82, 2.24) is 5.32 Å². The molecule has 2 nitrogen and oxygen atoms in total. The number of halogens is 2. The molecule has 1 atom stereocenters. The summed E-state index contributed by atoms with van der Waals surface area (Å²) < 4.78 is 1.72. The highest BCUT2D eigenvalue weighted by Crippen LogP contribution is 2.23. The van der Waals surface area contributed by atoms with E-state index in [-0.39, 0.29) is 11.9 Å². The summed E-state index contributed by atoms with van der Waals surface area (Å²) in [7, 11) is 0. The first-order chi connectivity index (χ1) is 10.0. The number of nitrogens with one attached hydrogen (secondary N) is 1. The molecule has 0 heterocycles. The molecule has 110 valence electrons. The summed E-state index contributed by atoms with van der Waals surface area (Å²) in [5, 5.41) is 3.03. The average molecular weight is 411 g/mol. The van der Waals surface area contributed by atoms with Crippen molar-refractivity contribution in [1.29, 1.82) is 0 Å². The van der Waals surface area contributed by atoms with Gasteiger partial charge < -0.3 is 5.32 Å². The Hall–Kier alpha value is -1.13. The van der Waals surface area contributed by atoms with Crippen molar-refractivity contribution < 1.29 is 4.79 Å². The molecule has 1 unspecified atom stereocenters. The van der Waals surface area contributed by atoms with Crippen LogP contribution in [0.4, 0.5) is 0 Å². The van der Waals surface area contributed by atoms with Crippen LogP contribution < -0.4 is 5.32 Å². The number of carbonyl (C=O) groups is 1. The van der Waals surface area contributed by atoms with E-state index in [1.165, 1.54) is 5.56 Å². The van der Waals surface area contributed by atoms with Crippen molar-refractivity contribution in [3.8, 4) is 0 Å². The van der Waals surface area contributed by atoms with Gasteiger partial charge >= 0.3 is 0 Å². The molecule has 4 heteroatoms. The van der Waals surface area contributed by atoms with Gasteiger partial charge in [-0.25, -0.2) is 0 Å². The molecule has 0 aliphatic rings. The predicted octanol–water partition coefficient (Wildman–Crippen LogP) is 5.27. The third-order valence-corrected chi connectivity index (χ3v) is 4.56. The molecule has 0 radical (unpaired) electrons. The highest BCUT2D eigenvalue weighted by molar-refractivity contribution is 9.11. The SMILES string of the molecule is CCc1ccc(C(C)NC(=O)c2ccc(Br)cc2Br)cc1. The van der Waals surface area contributed by atoms with Crippen LogP contribution >= 0.6 is 31.9 Å². The number of benzene rings is 2. The number of amides is 1. The average Bonchev–Trinajstić information content (AvgIpc) is 2.47. The predicted molar refractivity (Wildman–Crippen MR) is 93.5 cm³/mol. The highest BCUT2D eigenvalue weighted by Gasteiger charge is 2.14. The molecular weight excluding hydrogens is 394 g/mol. The molecule has 0 aromatic heterocycles. The van der Waals surface area contributed by atoms with Crippen LogP contribution in [0.2, 0.25) is 0 Å². The molecule has 0 aliphatic heterocycles. The van der Waals surface area contributed by atoms with Crippen molar-refractivity contribution in [2.75, 3.05) is 0 Å². The largest absolute Gasteiger partial charge is 0.345 e. The smallest absolute Gasteiger partial charge is 0.252 e. The number of hydrogen-bond donors (Lipinski definition) is 1. The summed E-state index contributed by atoms with van der Waals surface area (Å²) >= 11 is 6.81. The normalized spacial score (nSPS) is 12.0. The minimum atomic E-state index is -0.0820. The maximum Gasteiger partial charge on any atom is 0.252 e.